The van der Waals surface area contributed by atoms with E-state index in [0.29, 0.717) is 17.1 Å². The molecule has 3 rings (SSSR count). The Morgan fingerprint density at radius 2 is 1.69 bits per heavy atom. The van der Waals surface area contributed by atoms with Crippen molar-refractivity contribution in [1.29, 1.82) is 0 Å². The molecule has 3 N–H and O–H groups in total. The number of amides is 1. The molecule has 0 spiro atoms. The molecule has 1 amide bonds. The van der Waals surface area contributed by atoms with Gasteiger partial charge in [0.05, 0.1) is 22.4 Å². The number of anilines is 1. The molecule has 0 saturated heterocycles. The molecule has 13 heteroatoms. The third-order valence-corrected chi connectivity index (χ3v) is 4.45. The fraction of sp³-hybridized carbons (Fsp3) is 0.125. The van der Waals surface area contributed by atoms with E-state index >= 15 is 0 Å². The molecule has 6 nitrogen and oxygen atoms in total. The molecule has 154 valence electrons. The van der Waals surface area contributed by atoms with Crippen molar-refractivity contribution in [2.24, 2.45) is 5.73 Å². The predicted molar refractivity (Wildman–Crippen MR) is 92.3 cm³/mol. The van der Waals surface area contributed by atoms with E-state index in [1.54, 1.807) is 5.38 Å². The first kappa shape index (κ1) is 20.7. The number of carbonyl (C=O) groups is 1. The molecule has 0 aliphatic carbocycles. The van der Waals surface area contributed by atoms with E-state index in [0.717, 1.165) is 21.4 Å². The zero-order valence-electron chi connectivity index (χ0n) is 14.1. The van der Waals surface area contributed by atoms with Gasteiger partial charge in [0.15, 0.2) is 0 Å². The van der Waals surface area contributed by atoms with Crippen LogP contribution in [0.2, 0.25) is 0 Å². The lowest BCUT2D eigenvalue weighted by Crippen LogP contribution is -2.37. The maximum atomic E-state index is 13.0. The minimum Gasteiger partial charge on any atom is -0.365 e. The molecule has 0 fully saturated rings. The van der Waals surface area contributed by atoms with Crippen molar-refractivity contribution in [1.82, 2.24) is 15.5 Å². The number of hydrazine groups is 2. The zero-order chi connectivity index (χ0) is 21.4. The van der Waals surface area contributed by atoms with E-state index in [1.807, 2.05) is 0 Å². The van der Waals surface area contributed by atoms with Gasteiger partial charge in [0, 0.05) is 30.2 Å². The molecule has 0 bridgehead atoms. The van der Waals surface area contributed by atoms with Gasteiger partial charge < -0.3 is 5.73 Å². The smallest absolute Gasteiger partial charge is 0.365 e. The van der Waals surface area contributed by atoms with Gasteiger partial charge >= 0.3 is 12.4 Å². The molecule has 1 aliphatic heterocycles. The second kappa shape index (κ2) is 7.40. The average molecular weight is 435 g/mol. The zero-order valence-corrected chi connectivity index (χ0v) is 14.9. The molecule has 2 aromatic rings. The van der Waals surface area contributed by atoms with E-state index in [4.69, 9.17) is 5.73 Å². The monoisotopic (exact) mass is 435 g/mol. The molecule has 1 aromatic carbocycles. The highest BCUT2D eigenvalue weighted by Crippen LogP contribution is 2.38. The minimum atomic E-state index is -4.97. The number of nitrogens with two attached hydrogens (primary N) is 1. The van der Waals surface area contributed by atoms with Crippen molar-refractivity contribution in [3.8, 4) is 0 Å². The summed E-state index contributed by atoms with van der Waals surface area (Å²) >= 11 is 1.13. The Morgan fingerprint density at radius 1 is 1.07 bits per heavy atom. The summed E-state index contributed by atoms with van der Waals surface area (Å²) in [6, 6.07) is 1.17. The first-order valence-corrected chi connectivity index (χ1v) is 8.56. The van der Waals surface area contributed by atoms with Crippen LogP contribution >= 0.6 is 11.3 Å². The summed E-state index contributed by atoms with van der Waals surface area (Å²) in [5, 5.41) is 3.98. The van der Waals surface area contributed by atoms with Gasteiger partial charge in [-0.1, -0.05) is 0 Å². The normalized spacial score (nSPS) is 15.3. The average Bonchev–Trinajstić information content (AvgIpc) is 3.29. The summed E-state index contributed by atoms with van der Waals surface area (Å²) in [5.41, 5.74) is 4.52. The van der Waals surface area contributed by atoms with Crippen LogP contribution in [0.1, 0.15) is 16.1 Å². The lowest BCUT2D eigenvalue weighted by Gasteiger charge is -2.22. The van der Waals surface area contributed by atoms with Crippen molar-refractivity contribution in [3.63, 3.8) is 0 Å². The molecule has 0 saturated carbocycles. The Bertz CT molecular complexity index is 935. The molecule has 1 aromatic heterocycles. The standard InChI is InChI=1S/C16H11F6N5OS/c17-15(18,19)9-5-10(16(20,21)22)7-11(6-9)27-3-2-26(25-27)8-12(13(23)28)14-24-1-4-29-14/h1-8,25H,(H2,23,28). The lowest BCUT2D eigenvalue weighted by molar-refractivity contribution is -0.143. The highest BCUT2D eigenvalue weighted by Gasteiger charge is 2.37. The number of hydrogen-bond donors (Lipinski definition) is 2. The van der Waals surface area contributed by atoms with Gasteiger partial charge in [0.2, 0.25) is 0 Å². The number of primary amides is 1. The van der Waals surface area contributed by atoms with Gasteiger partial charge in [-0.15, -0.1) is 16.9 Å². The van der Waals surface area contributed by atoms with E-state index in [9.17, 15) is 31.1 Å². The second-order valence-electron chi connectivity index (χ2n) is 5.68. The quantitative estimate of drug-likeness (QED) is 0.566. The van der Waals surface area contributed by atoms with Crippen LogP contribution in [-0.4, -0.2) is 15.9 Å². The number of nitrogens with one attached hydrogen (secondary N) is 1. The second-order valence-corrected chi connectivity index (χ2v) is 6.58. The first-order chi connectivity index (χ1) is 13.4. The van der Waals surface area contributed by atoms with Crippen LogP contribution in [0, 0.1) is 0 Å². The number of carbonyl (C=O) groups excluding carboxylic acids is 1. The van der Waals surface area contributed by atoms with Crippen molar-refractivity contribution in [2.45, 2.75) is 12.4 Å². The third-order valence-electron chi connectivity index (χ3n) is 3.65. The minimum absolute atomic E-state index is 0.000905. The molecule has 0 radical (unpaired) electrons. The molecule has 1 aliphatic rings. The summed E-state index contributed by atoms with van der Waals surface area (Å²) in [4.78, 5) is 15.6. The van der Waals surface area contributed by atoms with Crippen LogP contribution in [0.25, 0.3) is 5.57 Å². The fourth-order valence-corrected chi connectivity index (χ4v) is 3.00. The number of benzene rings is 1. The Morgan fingerprint density at radius 3 is 2.17 bits per heavy atom. The van der Waals surface area contributed by atoms with Crippen LogP contribution < -0.4 is 16.3 Å². The van der Waals surface area contributed by atoms with E-state index < -0.39 is 35.1 Å². The summed E-state index contributed by atoms with van der Waals surface area (Å²) in [6.07, 6.45) is -4.81. The SMILES string of the molecule is NC(=O)C(=CN1C=CN(c2cc(C(F)(F)F)cc(C(F)(F)F)c2)N1)c1nccs1. The number of thiazole rings is 1. The topological polar surface area (TPSA) is 74.5 Å². The molecule has 29 heavy (non-hydrogen) atoms. The van der Waals surface area contributed by atoms with Gasteiger partial charge in [-0.3, -0.25) is 14.8 Å². The van der Waals surface area contributed by atoms with Crippen molar-refractivity contribution >= 4 is 28.5 Å². The van der Waals surface area contributed by atoms with Crippen LogP contribution in [0.3, 0.4) is 0 Å². The molecule has 2 heterocycles. The fourth-order valence-electron chi connectivity index (χ4n) is 2.34. The molecule has 0 atom stereocenters. The number of alkyl halides is 6. The Balaban J connectivity index is 1.91. The first-order valence-electron chi connectivity index (χ1n) is 7.68. The van der Waals surface area contributed by atoms with E-state index in [-0.39, 0.29) is 11.6 Å². The van der Waals surface area contributed by atoms with Crippen LogP contribution in [-0.2, 0) is 17.1 Å². The van der Waals surface area contributed by atoms with Gasteiger partial charge in [-0.25, -0.2) is 4.98 Å². The summed E-state index contributed by atoms with van der Waals surface area (Å²) < 4.78 is 78.1. The predicted octanol–water partition coefficient (Wildman–Crippen LogP) is 3.72. The lowest BCUT2D eigenvalue weighted by atomic mass is 10.1. The number of halogens is 6. The Hall–Kier alpha value is -3.06. The van der Waals surface area contributed by atoms with Crippen molar-refractivity contribution in [2.75, 3.05) is 5.01 Å². The van der Waals surface area contributed by atoms with E-state index in [2.05, 4.69) is 10.5 Å². The highest BCUT2D eigenvalue weighted by molar-refractivity contribution is 7.11. The summed E-state index contributed by atoms with van der Waals surface area (Å²) in [6.45, 7) is 0. The molecular weight excluding hydrogens is 424 g/mol. The third kappa shape index (κ3) is 4.68. The van der Waals surface area contributed by atoms with Gasteiger partial charge in [-0.05, 0) is 18.2 Å². The number of aromatic nitrogens is 1. The van der Waals surface area contributed by atoms with Gasteiger partial charge in [0.25, 0.3) is 5.91 Å². The van der Waals surface area contributed by atoms with Crippen molar-refractivity contribution < 1.29 is 31.1 Å². The largest absolute Gasteiger partial charge is 0.416 e. The Kier molecular flexibility index (Phi) is 5.28. The van der Waals surface area contributed by atoms with Crippen LogP contribution in [0.15, 0.2) is 48.4 Å². The number of rotatable bonds is 4. The van der Waals surface area contributed by atoms with Gasteiger partial charge in [-0.2, -0.15) is 26.3 Å². The Labute approximate surface area is 163 Å². The summed E-state index contributed by atoms with van der Waals surface area (Å²) in [7, 11) is 0. The van der Waals surface area contributed by atoms with E-state index in [1.165, 1.54) is 24.8 Å². The maximum absolute atomic E-state index is 13.0. The number of hydrogen-bond acceptors (Lipinski definition) is 6. The molecule has 0 unspecified atom stereocenters. The van der Waals surface area contributed by atoms with Crippen LogP contribution in [0.4, 0.5) is 32.0 Å². The molecular formula is C16H11F6N5OS. The maximum Gasteiger partial charge on any atom is 0.416 e. The van der Waals surface area contributed by atoms with Crippen molar-refractivity contribution in [3.05, 3.63) is 64.5 Å². The summed E-state index contributed by atoms with van der Waals surface area (Å²) in [5.74, 6) is -0.813. The highest BCUT2D eigenvalue weighted by atomic mass is 32.1. The van der Waals surface area contributed by atoms with Crippen LogP contribution in [0.5, 0.6) is 0 Å². The number of nitrogens with zero attached hydrogens (tertiary/aromatic N) is 3. The van der Waals surface area contributed by atoms with Gasteiger partial charge in [0.1, 0.15) is 5.01 Å².